The van der Waals surface area contributed by atoms with Gasteiger partial charge in [0.2, 0.25) is 15.9 Å². The molecule has 0 bridgehead atoms. The molecule has 0 radical (unpaired) electrons. The zero-order valence-electron chi connectivity index (χ0n) is 17.6. The Bertz CT molecular complexity index is 1110. The Morgan fingerprint density at radius 2 is 1.45 bits per heavy atom. The van der Waals surface area contributed by atoms with E-state index in [0.29, 0.717) is 16.3 Å². The summed E-state index contributed by atoms with van der Waals surface area (Å²) in [6, 6.07) is 22.7. The molecule has 1 N–H and O–H groups in total. The third kappa shape index (κ3) is 5.46. The number of nitrogens with zero attached hydrogens (tertiary/aromatic N) is 1. The molecule has 0 heterocycles. The van der Waals surface area contributed by atoms with Crippen LogP contribution >= 0.6 is 11.6 Å². The SMILES string of the molecule is Cc1ccc(Cl)cc1N([C@H](C)C(=O)NC(c1ccccc1)c1ccccc1)S(C)(=O)=O. The van der Waals surface area contributed by atoms with Gasteiger partial charge in [-0.05, 0) is 42.7 Å². The fourth-order valence-corrected chi connectivity index (χ4v) is 4.90. The third-order valence-electron chi connectivity index (χ3n) is 5.05. The molecule has 3 aromatic rings. The first-order chi connectivity index (χ1) is 14.7. The first kappa shape index (κ1) is 22.8. The van der Waals surface area contributed by atoms with Crippen LogP contribution in [0.2, 0.25) is 5.02 Å². The van der Waals surface area contributed by atoms with E-state index >= 15 is 0 Å². The van der Waals surface area contributed by atoms with Gasteiger partial charge in [0.1, 0.15) is 6.04 Å². The molecule has 0 spiro atoms. The number of sulfonamides is 1. The molecule has 0 fully saturated rings. The number of benzene rings is 3. The minimum absolute atomic E-state index is 0.383. The molecule has 0 aliphatic heterocycles. The van der Waals surface area contributed by atoms with E-state index in [-0.39, 0.29) is 0 Å². The molecule has 0 unspecified atom stereocenters. The summed E-state index contributed by atoms with van der Waals surface area (Å²) in [5.74, 6) is -0.414. The maximum Gasteiger partial charge on any atom is 0.244 e. The quantitative estimate of drug-likeness (QED) is 0.560. The number of anilines is 1. The molecular weight excluding hydrogens is 432 g/mol. The van der Waals surface area contributed by atoms with Crippen molar-refractivity contribution < 1.29 is 13.2 Å². The molecule has 0 aliphatic rings. The number of rotatable bonds is 7. The molecule has 0 saturated heterocycles. The highest BCUT2D eigenvalue weighted by molar-refractivity contribution is 7.92. The van der Waals surface area contributed by atoms with Crippen molar-refractivity contribution in [3.8, 4) is 0 Å². The summed E-state index contributed by atoms with van der Waals surface area (Å²) in [5, 5.41) is 3.42. The second-order valence-electron chi connectivity index (χ2n) is 7.43. The van der Waals surface area contributed by atoms with Crippen molar-refractivity contribution in [1.29, 1.82) is 0 Å². The Labute approximate surface area is 188 Å². The number of hydrogen-bond donors (Lipinski definition) is 1. The van der Waals surface area contributed by atoms with Crippen molar-refractivity contribution in [2.45, 2.75) is 25.9 Å². The van der Waals surface area contributed by atoms with E-state index in [4.69, 9.17) is 11.6 Å². The minimum Gasteiger partial charge on any atom is -0.343 e. The standard InChI is InChI=1S/C24H25ClN2O3S/c1-17-14-15-21(25)16-22(17)27(31(3,29)30)18(2)24(28)26-23(19-10-6-4-7-11-19)20-12-8-5-9-13-20/h4-16,18,23H,1-3H3,(H,26,28)/t18-/m1/s1. The number of carbonyl (C=O) groups excluding carboxylic acids is 1. The molecule has 31 heavy (non-hydrogen) atoms. The smallest absolute Gasteiger partial charge is 0.244 e. The van der Waals surface area contributed by atoms with Crippen LogP contribution in [-0.4, -0.2) is 26.6 Å². The lowest BCUT2D eigenvalue weighted by Crippen LogP contribution is -2.49. The number of carbonyl (C=O) groups is 1. The lowest BCUT2D eigenvalue weighted by Gasteiger charge is -2.31. The predicted molar refractivity (Wildman–Crippen MR) is 126 cm³/mol. The Balaban J connectivity index is 1.97. The lowest BCUT2D eigenvalue weighted by molar-refractivity contribution is -0.122. The summed E-state index contributed by atoms with van der Waals surface area (Å²) >= 11 is 6.12. The Kier molecular flexibility index (Phi) is 7.03. The van der Waals surface area contributed by atoms with Gasteiger partial charge in [0, 0.05) is 5.02 Å². The van der Waals surface area contributed by atoms with E-state index < -0.39 is 28.0 Å². The highest BCUT2D eigenvalue weighted by Gasteiger charge is 2.31. The van der Waals surface area contributed by atoms with Crippen molar-refractivity contribution in [1.82, 2.24) is 5.32 Å². The minimum atomic E-state index is -3.75. The van der Waals surface area contributed by atoms with Gasteiger partial charge >= 0.3 is 0 Å². The maximum absolute atomic E-state index is 13.3. The van der Waals surface area contributed by atoms with Crippen LogP contribution < -0.4 is 9.62 Å². The molecule has 5 nitrogen and oxygen atoms in total. The summed E-state index contributed by atoms with van der Waals surface area (Å²) in [6.45, 7) is 3.36. The average Bonchev–Trinajstić information content (AvgIpc) is 2.74. The molecular formula is C24H25ClN2O3S. The van der Waals surface area contributed by atoms with E-state index in [0.717, 1.165) is 21.7 Å². The fourth-order valence-electron chi connectivity index (χ4n) is 3.51. The van der Waals surface area contributed by atoms with Crippen LogP contribution in [0, 0.1) is 6.92 Å². The fraction of sp³-hybridized carbons (Fsp3) is 0.208. The van der Waals surface area contributed by atoms with Crippen molar-refractivity contribution in [3.05, 3.63) is 101 Å². The van der Waals surface area contributed by atoms with Gasteiger partial charge in [0.25, 0.3) is 0 Å². The largest absolute Gasteiger partial charge is 0.343 e. The van der Waals surface area contributed by atoms with Crippen molar-refractivity contribution >= 4 is 33.2 Å². The normalized spacial score (nSPS) is 12.4. The Hall–Kier alpha value is -2.83. The summed E-state index contributed by atoms with van der Waals surface area (Å²) in [7, 11) is -3.75. The molecule has 0 saturated carbocycles. The van der Waals surface area contributed by atoms with Gasteiger partial charge in [-0.15, -0.1) is 0 Å². The Morgan fingerprint density at radius 1 is 0.935 bits per heavy atom. The molecule has 0 aliphatic carbocycles. The average molecular weight is 457 g/mol. The summed E-state index contributed by atoms with van der Waals surface area (Å²) < 4.78 is 26.5. The topological polar surface area (TPSA) is 66.5 Å². The van der Waals surface area contributed by atoms with Gasteiger partial charge in [0.15, 0.2) is 0 Å². The molecule has 162 valence electrons. The summed E-state index contributed by atoms with van der Waals surface area (Å²) in [4.78, 5) is 13.3. The molecule has 7 heteroatoms. The number of nitrogens with one attached hydrogen (secondary N) is 1. The van der Waals surface area contributed by atoms with Crippen LogP contribution in [-0.2, 0) is 14.8 Å². The van der Waals surface area contributed by atoms with Gasteiger partial charge < -0.3 is 5.32 Å². The third-order valence-corrected chi connectivity index (χ3v) is 6.51. The first-order valence-electron chi connectivity index (χ1n) is 9.84. The highest BCUT2D eigenvalue weighted by atomic mass is 35.5. The van der Waals surface area contributed by atoms with Crippen LogP contribution in [0.5, 0.6) is 0 Å². The zero-order chi connectivity index (χ0) is 22.6. The molecule has 3 aromatic carbocycles. The molecule has 1 atom stereocenters. The van der Waals surface area contributed by atoms with Crippen molar-refractivity contribution in [2.24, 2.45) is 0 Å². The highest BCUT2D eigenvalue weighted by Crippen LogP contribution is 2.29. The van der Waals surface area contributed by atoms with E-state index in [1.165, 1.54) is 0 Å². The predicted octanol–water partition coefficient (Wildman–Crippen LogP) is 4.71. The first-order valence-corrected chi connectivity index (χ1v) is 12.1. The van der Waals surface area contributed by atoms with E-state index in [1.54, 1.807) is 32.0 Å². The van der Waals surface area contributed by atoms with Gasteiger partial charge in [0.05, 0.1) is 18.0 Å². The number of amides is 1. The summed E-state index contributed by atoms with van der Waals surface area (Å²) in [6.07, 6.45) is 1.09. The van der Waals surface area contributed by atoms with Crippen LogP contribution in [0.3, 0.4) is 0 Å². The van der Waals surface area contributed by atoms with Crippen LogP contribution in [0.1, 0.15) is 29.7 Å². The second kappa shape index (κ2) is 9.54. The second-order valence-corrected chi connectivity index (χ2v) is 9.72. The molecule has 0 aromatic heterocycles. The number of halogens is 1. The van der Waals surface area contributed by atoms with Crippen molar-refractivity contribution in [3.63, 3.8) is 0 Å². The zero-order valence-corrected chi connectivity index (χ0v) is 19.2. The van der Waals surface area contributed by atoms with Gasteiger partial charge in [-0.2, -0.15) is 0 Å². The molecule has 3 rings (SSSR count). The van der Waals surface area contributed by atoms with E-state index in [1.807, 2.05) is 60.7 Å². The van der Waals surface area contributed by atoms with Gasteiger partial charge in [-0.3, -0.25) is 9.10 Å². The molecule has 1 amide bonds. The number of hydrogen-bond acceptors (Lipinski definition) is 3. The van der Waals surface area contributed by atoms with Crippen LogP contribution in [0.4, 0.5) is 5.69 Å². The van der Waals surface area contributed by atoms with Crippen molar-refractivity contribution in [2.75, 3.05) is 10.6 Å². The van der Waals surface area contributed by atoms with Gasteiger partial charge in [-0.1, -0.05) is 78.3 Å². The summed E-state index contributed by atoms with van der Waals surface area (Å²) in [5.41, 5.74) is 2.89. The van der Waals surface area contributed by atoms with E-state index in [2.05, 4.69) is 5.32 Å². The van der Waals surface area contributed by atoms with Crippen LogP contribution in [0.25, 0.3) is 0 Å². The van der Waals surface area contributed by atoms with Gasteiger partial charge in [-0.25, -0.2) is 8.42 Å². The van der Waals surface area contributed by atoms with Crippen LogP contribution in [0.15, 0.2) is 78.9 Å². The maximum atomic E-state index is 13.3. The monoisotopic (exact) mass is 456 g/mol. The van der Waals surface area contributed by atoms with E-state index in [9.17, 15) is 13.2 Å². The lowest BCUT2D eigenvalue weighted by atomic mass is 9.98. The number of aryl methyl sites for hydroxylation is 1. The Morgan fingerprint density at radius 3 is 1.94 bits per heavy atom.